The van der Waals surface area contributed by atoms with Gasteiger partial charge in [0.2, 0.25) is 0 Å². The van der Waals surface area contributed by atoms with Crippen LogP contribution in [0.4, 0.5) is 4.79 Å². The van der Waals surface area contributed by atoms with Crippen molar-refractivity contribution in [2.75, 3.05) is 45.9 Å². The van der Waals surface area contributed by atoms with Crippen molar-refractivity contribution in [3.05, 3.63) is 34.9 Å². The maximum Gasteiger partial charge on any atom is 0.409 e. The number of carbonyl (C=O) groups is 1. The highest BCUT2D eigenvalue weighted by atomic mass is 35.5. The molecule has 6 heteroatoms. The van der Waals surface area contributed by atoms with Gasteiger partial charge in [-0.3, -0.25) is 9.80 Å². The van der Waals surface area contributed by atoms with Gasteiger partial charge in [0.1, 0.15) is 0 Å². The summed E-state index contributed by atoms with van der Waals surface area (Å²) in [6.45, 7) is 8.81. The monoisotopic (exact) mass is 365 g/mol. The van der Waals surface area contributed by atoms with E-state index in [0.717, 1.165) is 50.8 Å². The lowest BCUT2D eigenvalue weighted by Gasteiger charge is -2.43. The lowest BCUT2D eigenvalue weighted by molar-refractivity contribution is 0.0412. The molecule has 0 N–H and O–H groups in total. The smallest absolute Gasteiger partial charge is 0.409 e. The van der Waals surface area contributed by atoms with Gasteiger partial charge >= 0.3 is 6.09 Å². The van der Waals surface area contributed by atoms with Crippen molar-refractivity contribution in [3.63, 3.8) is 0 Å². The Morgan fingerprint density at radius 3 is 2.68 bits per heavy atom. The Bertz CT molecular complexity index is 576. The van der Waals surface area contributed by atoms with Crippen molar-refractivity contribution in [2.24, 2.45) is 0 Å². The molecule has 2 aliphatic rings. The van der Waals surface area contributed by atoms with Gasteiger partial charge in [-0.05, 0) is 37.9 Å². The lowest BCUT2D eigenvalue weighted by atomic mass is 10.0. The Labute approximate surface area is 155 Å². The van der Waals surface area contributed by atoms with E-state index >= 15 is 0 Å². The summed E-state index contributed by atoms with van der Waals surface area (Å²) in [5, 5.41) is 0.854. The van der Waals surface area contributed by atoms with Gasteiger partial charge in [-0.25, -0.2) is 4.79 Å². The van der Waals surface area contributed by atoms with E-state index in [1.807, 2.05) is 24.0 Å². The van der Waals surface area contributed by atoms with Crippen LogP contribution in [0.2, 0.25) is 5.02 Å². The van der Waals surface area contributed by atoms with E-state index in [2.05, 4.69) is 21.9 Å². The zero-order valence-corrected chi connectivity index (χ0v) is 15.7. The number of rotatable bonds is 4. The van der Waals surface area contributed by atoms with Crippen LogP contribution in [0.25, 0.3) is 0 Å². The van der Waals surface area contributed by atoms with Crippen LogP contribution in [-0.4, -0.2) is 72.7 Å². The number of piperidine rings is 1. The normalized spacial score (nSPS) is 22.8. The fourth-order valence-corrected chi connectivity index (χ4v) is 4.02. The summed E-state index contributed by atoms with van der Waals surface area (Å²) in [7, 11) is 0. The minimum absolute atomic E-state index is 0.175. The molecule has 2 heterocycles. The molecule has 0 radical (unpaired) electrons. The zero-order chi connectivity index (χ0) is 17.6. The number of carbonyl (C=O) groups excluding carboxylic acids is 1. The molecule has 1 amide bonds. The second-order valence-corrected chi connectivity index (χ2v) is 7.25. The molecule has 1 aromatic carbocycles. The van der Waals surface area contributed by atoms with Crippen LogP contribution in [0.3, 0.4) is 0 Å². The fraction of sp³-hybridized carbons (Fsp3) is 0.632. The van der Waals surface area contributed by atoms with Crippen molar-refractivity contribution in [1.82, 2.24) is 14.7 Å². The number of likely N-dealkylation sites (tertiary alicyclic amines) is 1. The summed E-state index contributed by atoms with van der Waals surface area (Å²) in [6, 6.07) is 8.68. The van der Waals surface area contributed by atoms with E-state index in [1.165, 1.54) is 18.4 Å². The predicted octanol–water partition coefficient (Wildman–Crippen LogP) is 3.08. The molecule has 0 aliphatic carbocycles. The fourth-order valence-electron chi connectivity index (χ4n) is 3.82. The molecule has 0 aromatic heterocycles. The van der Waals surface area contributed by atoms with Crippen LogP contribution in [0, 0.1) is 0 Å². The van der Waals surface area contributed by atoms with Gasteiger partial charge in [-0.15, -0.1) is 0 Å². The summed E-state index contributed by atoms with van der Waals surface area (Å²) in [5.74, 6) is 0. The number of benzene rings is 1. The van der Waals surface area contributed by atoms with Gasteiger partial charge in [-0.1, -0.05) is 29.8 Å². The summed E-state index contributed by atoms with van der Waals surface area (Å²) in [5.41, 5.74) is 1.21. The number of ether oxygens (including phenoxy) is 1. The Balaban J connectivity index is 1.51. The van der Waals surface area contributed by atoms with Crippen LogP contribution >= 0.6 is 11.6 Å². The third kappa shape index (κ3) is 4.87. The number of hydrogen-bond donors (Lipinski definition) is 0. The Kier molecular flexibility index (Phi) is 6.57. The van der Waals surface area contributed by atoms with Crippen molar-refractivity contribution >= 4 is 17.7 Å². The molecular weight excluding hydrogens is 338 g/mol. The number of nitrogens with zero attached hydrogens (tertiary/aromatic N) is 3. The van der Waals surface area contributed by atoms with E-state index in [1.54, 1.807) is 0 Å². The molecule has 25 heavy (non-hydrogen) atoms. The van der Waals surface area contributed by atoms with Crippen LogP contribution in [0.15, 0.2) is 24.3 Å². The molecule has 2 fully saturated rings. The van der Waals surface area contributed by atoms with Crippen LogP contribution < -0.4 is 0 Å². The molecule has 3 rings (SSSR count). The standard InChI is InChI=1S/C19H28ClN3O2/c1-2-25-19(24)23-12-10-22(11-13-23)17-7-5-9-21(15-17)14-16-6-3-4-8-18(16)20/h3-4,6,8,17H,2,5,7,9-15H2,1H3. The van der Waals surface area contributed by atoms with Crippen molar-refractivity contribution in [1.29, 1.82) is 0 Å². The van der Waals surface area contributed by atoms with Gasteiger partial charge < -0.3 is 9.64 Å². The van der Waals surface area contributed by atoms with Crippen LogP contribution in [0.5, 0.6) is 0 Å². The molecule has 1 aromatic rings. The molecule has 5 nitrogen and oxygen atoms in total. The summed E-state index contributed by atoms with van der Waals surface area (Å²) in [6.07, 6.45) is 2.28. The minimum Gasteiger partial charge on any atom is -0.450 e. The average Bonchev–Trinajstić information content (AvgIpc) is 2.64. The van der Waals surface area contributed by atoms with Gasteiger partial charge in [0.15, 0.2) is 0 Å². The third-order valence-corrected chi connectivity index (χ3v) is 5.56. The van der Waals surface area contributed by atoms with Crippen molar-refractivity contribution < 1.29 is 9.53 Å². The highest BCUT2D eigenvalue weighted by Gasteiger charge is 2.29. The molecule has 0 bridgehead atoms. The average molecular weight is 366 g/mol. The van der Waals surface area contributed by atoms with Crippen LogP contribution in [0.1, 0.15) is 25.3 Å². The largest absolute Gasteiger partial charge is 0.450 e. The minimum atomic E-state index is -0.175. The maximum absolute atomic E-state index is 11.8. The van der Waals surface area contributed by atoms with Gasteiger partial charge in [0.25, 0.3) is 0 Å². The molecule has 1 atom stereocenters. The van der Waals surface area contributed by atoms with Crippen LogP contribution in [-0.2, 0) is 11.3 Å². The second kappa shape index (κ2) is 8.88. The Morgan fingerprint density at radius 1 is 1.20 bits per heavy atom. The molecule has 1 unspecified atom stereocenters. The first-order valence-electron chi connectivity index (χ1n) is 9.29. The first-order chi connectivity index (χ1) is 12.2. The molecule has 2 aliphatic heterocycles. The third-order valence-electron chi connectivity index (χ3n) is 5.19. The molecule has 138 valence electrons. The van der Waals surface area contributed by atoms with Crippen molar-refractivity contribution in [2.45, 2.75) is 32.4 Å². The van der Waals surface area contributed by atoms with E-state index in [0.29, 0.717) is 12.6 Å². The predicted molar refractivity (Wildman–Crippen MR) is 99.9 cm³/mol. The molecule has 0 spiro atoms. The first kappa shape index (κ1) is 18.5. The summed E-state index contributed by atoms with van der Waals surface area (Å²) in [4.78, 5) is 18.7. The summed E-state index contributed by atoms with van der Waals surface area (Å²) < 4.78 is 5.10. The van der Waals surface area contributed by atoms with E-state index in [9.17, 15) is 4.79 Å². The molecular formula is C19H28ClN3O2. The SMILES string of the molecule is CCOC(=O)N1CCN(C2CCCN(Cc3ccccc3Cl)C2)CC1. The number of amides is 1. The molecule has 0 saturated carbocycles. The van der Waals surface area contributed by atoms with E-state index in [4.69, 9.17) is 16.3 Å². The Hall–Kier alpha value is -1.30. The summed E-state index contributed by atoms with van der Waals surface area (Å²) >= 11 is 6.31. The van der Waals surface area contributed by atoms with Crippen molar-refractivity contribution in [3.8, 4) is 0 Å². The lowest BCUT2D eigenvalue weighted by Crippen LogP contribution is -2.55. The molecule has 2 saturated heterocycles. The van der Waals surface area contributed by atoms with Gasteiger partial charge in [0, 0.05) is 50.3 Å². The first-order valence-corrected chi connectivity index (χ1v) is 9.66. The Morgan fingerprint density at radius 2 is 1.96 bits per heavy atom. The zero-order valence-electron chi connectivity index (χ0n) is 15.0. The quantitative estimate of drug-likeness (QED) is 0.821. The highest BCUT2D eigenvalue weighted by Crippen LogP contribution is 2.22. The number of piperazine rings is 1. The number of halogens is 1. The number of hydrogen-bond acceptors (Lipinski definition) is 4. The maximum atomic E-state index is 11.8. The van der Waals surface area contributed by atoms with E-state index < -0.39 is 0 Å². The van der Waals surface area contributed by atoms with Gasteiger partial charge in [0.05, 0.1) is 6.61 Å². The van der Waals surface area contributed by atoms with Gasteiger partial charge in [-0.2, -0.15) is 0 Å². The second-order valence-electron chi connectivity index (χ2n) is 6.84. The van der Waals surface area contributed by atoms with E-state index in [-0.39, 0.29) is 6.09 Å². The topological polar surface area (TPSA) is 36.0 Å². The highest BCUT2D eigenvalue weighted by molar-refractivity contribution is 6.31.